The van der Waals surface area contributed by atoms with Gasteiger partial charge in [-0.25, -0.2) is 4.98 Å². The summed E-state index contributed by atoms with van der Waals surface area (Å²) >= 11 is 1.66. The summed E-state index contributed by atoms with van der Waals surface area (Å²) in [6.45, 7) is 6.21. The van der Waals surface area contributed by atoms with E-state index in [0.29, 0.717) is 35.4 Å². The first kappa shape index (κ1) is 24.0. The molecular formula is C27H39N3O3S. The summed E-state index contributed by atoms with van der Waals surface area (Å²) in [6.07, 6.45) is 9.60. The second-order valence-corrected chi connectivity index (χ2v) is 12.8. The number of nitrogens with one attached hydrogen (secondary N) is 1. The minimum Gasteiger partial charge on any atom is -0.481 e. The van der Waals surface area contributed by atoms with E-state index in [2.05, 4.69) is 24.1 Å². The largest absolute Gasteiger partial charge is 0.481 e. The monoisotopic (exact) mass is 485 g/mol. The Balaban J connectivity index is 1.32. The molecule has 4 aliphatic carbocycles. The molecule has 4 unspecified atom stereocenters. The minimum absolute atomic E-state index is 0.0303. The molecule has 0 aromatic carbocycles. The molecule has 1 aromatic rings. The number of anilines is 1. The van der Waals surface area contributed by atoms with E-state index in [4.69, 9.17) is 4.98 Å². The normalized spacial score (nSPS) is 34.3. The topological polar surface area (TPSA) is 82.5 Å². The Kier molecular flexibility index (Phi) is 6.84. The SMILES string of the molecule is CCCSc1nc(N2CCC[C@H](CC(=O)O)C2)ccc1C(=O)NC1C2CC3C[C@@H]1CC(C)(C3)C2. The van der Waals surface area contributed by atoms with E-state index in [-0.39, 0.29) is 18.2 Å². The van der Waals surface area contributed by atoms with Crippen molar-refractivity contribution >= 4 is 29.5 Å². The molecule has 6 nitrogen and oxygen atoms in total. The van der Waals surface area contributed by atoms with E-state index in [1.54, 1.807) is 11.8 Å². The van der Waals surface area contributed by atoms with Crippen LogP contribution in [0.1, 0.15) is 82.0 Å². The Morgan fingerprint density at radius 3 is 2.68 bits per heavy atom. The third kappa shape index (κ3) is 4.95. The van der Waals surface area contributed by atoms with Crippen molar-refractivity contribution in [3.63, 3.8) is 0 Å². The van der Waals surface area contributed by atoms with Gasteiger partial charge < -0.3 is 15.3 Å². The number of carboxylic acids is 1. The molecule has 4 bridgehead atoms. The van der Waals surface area contributed by atoms with Gasteiger partial charge in [0, 0.05) is 25.6 Å². The van der Waals surface area contributed by atoms with Crippen molar-refractivity contribution in [2.75, 3.05) is 23.7 Å². The van der Waals surface area contributed by atoms with Crippen LogP contribution in [0.5, 0.6) is 0 Å². The number of carbonyl (C=O) groups is 2. The van der Waals surface area contributed by atoms with E-state index in [9.17, 15) is 14.7 Å². The number of hydrogen-bond acceptors (Lipinski definition) is 5. The van der Waals surface area contributed by atoms with Gasteiger partial charge in [-0.1, -0.05) is 13.8 Å². The van der Waals surface area contributed by atoms with Gasteiger partial charge in [-0.2, -0.15) is 0 Å². The smallest absolute Gasteiger partial charge is 0.303 e. The molecular weight excluding hydrogens is 446 g/mol. The maximum absolute atomic E-state index is 13.5. The Morgan fingerprint density at radius 2 is 2.00 bits per heavy atom. The second-order valence-electron chi connectivity index (χ2n) is 11.7. The van der Waals surface area contributed by atoms with E-state index >= 15 is 0 Å². The van der Waals surface area contributed by atoms with E-state index in [1.807, 2.05) is 12.1 Å². The Bertz CT molecular complexity index is 922. The molecule has 6 rings (SSSR count). The van der Waals surface area contributed by atoms with Gasteiger partial charge in [-0.15, -0.1) is 11.8 Å². The molecule has 4 saturated carbocycles. The minimum atomic E-state index is -0.732. The molecule has 1 saturated heterocycles. The molecule has 5 aliphatic rings. The van der Waals surface area contributed by atoms with E-state index in [0.717, 1.165) is 48.3 Å². The third-order valence-corrected chi connectivity index (χ3v) is 9.91. The fourth-order valence-electron chi connectivity index (χ4n) is 7.67. The molecule has 0 spiro atoms. The van der Waals surface area contributed by atoms with Crippen molar-refractivity contribution < 1.29 is 14.7 Å². The van der Waals surface area contributed by atoms with Crippen molar-refractivity contribution in [2.24, 2.45) is 29.1 Å². The van der Waals surface area contributed by atoms with Crippen LogP contribution < -0.4 is 10.2 Å². The Morgan fingerprint density at radius 1 is 1.24 bits per heavy atom. The number of piperidine rings is 1. The number of thioether (sulfide) groups is 1. The number of aliphatic carboxylic acids is 1. The number of amides is 1. The first-order chi connectivity index (χ1) is 16.3. The number of aromatic nitrogens is 1. The molecule has 2 heterocycles. The van der Waals surface area contributed by atoms with Gasteiger partial charge in [-0.3, -0.25) is 9.59 Å². The first-order valence-corrected chi connectivity index (χ1v) is 14.2. The zero-order chi connectivity index (χ0) is 23.9. The molecule has 1 amide bonds. The molecule has 7 heteroatoms. The maximum atomic E-state index is 13.5. The van der Waals surface area contributed by atoms with Gasteiger partial charge in [0.15, 0.2) is 0 Å². The number of nitrogens with zero attached hydrogens (tertiary/aromatic N) is 2. The van der Waals surface area contributed by atoms with Crippen molar-refractivity contribution in [1.82, 2.24) is 10.3 Å². The van der Waals surface area contributed by atoms with Crippen molar-refractivity contribution in [2.45, 2.75) is 82.7 Å². The molecule has 34 heavy (non-hydrogen) atoms. The zero-order valence-corrected chi connectivity index (χ0v) is 21.4. The number of rotatable bonds is 8. The highest BCUT2D eigenvalue weighted by atomic mass is 32.2. The summed E-state index contributed by atoms with van der Waals surface area (Å²) in [7, 11) is 0. The summed E-state index contributed by atoms with van der Waals surface area (Å²) in [4.78, 5) is 31.9. The van der Waals surface area contributed by atoms with Crippen LogP contribution in [0.4, 0.5) is 5.82 Å². The average molecular weight is 486 g/mol. The molecule has 186 valence electrons. The molecule has 0 radical (unpaired) electrons. The van der Waals surface area contributed by atoms with Crippen LogP contribution in [0.3, 0.4) is 0 Å². The Labute approximate surface area is 207 Å². The van der Waals surface area contributed by atoms with Crippen LogP contribution in [0.2, 0.25) is 0 Å². The van der Waals surface area contributed by atoms with Crippen LogP contribution in [0.25, 0.3) is 0 Å². The van der Waals surface area contributed by atoms with Crippen LogP contribution >= 0.6 is 11.8 Å². The molecule has 6 atom stereocenters. The Hall–Kier alpha value is -1.76. The highest BCUT2D eigenvalue weighted by Gasteiger charge is 2.53. The predicted molar refractivity (Wildman–Crippen MR) is 135 cm³/mol. The van der Waals surface area contributed by atoms with Gasteiger partial charge in [0.2, 0.25) is 0 Å². The summed E-state index contributed by atoms with van der Waals surface area (Å²) in [6, 6.07) is 4.22. The van der Waals surface area contributed by atoms with Crippen molar-refractivity contribution in [3.8, 4) is 0 Å². The predicted octanol–water partition coefficient (Wildman–Crippen LogP) is 5.22. The second kappa shape index (κ2) is 9.71. The number of pyridine rings is 1. The lowest BCUT2D eigenvalue weighted by Gasteiger charge is -2.59. The van der Waals surface area contributed by atoms with E-state index in [1.165, 1.54) is 32.1 Å². The van der Waals surface area contributed by atoms with Gasteiger partial charge in [0.25, 0.3) is 5.91 Å². The highest BCUT2D eigenvalue weighted by Crippen LogP contribution is 2.59. The lowest BCUT2D eigenvalue weighted by atomic mass is 9.48. The van der Waals surface area contributed by atoms with Crippen LogP contribution in [0.15, 0.2) is 17.2 Å². The van der Waals surface area contributed by atoms with Gasteiger partial charge in [-0.05, 0) is 98.3 Å². The number of carbonyl (C=O) groups excluding carboxylic acids is 1. The number of carboxylic acid groups (broad SMARTS) is 1. The quantitative estimate of drug-likeness (QED) is 0.491. The lowest BCUT2D eigenvalue weighted by Crippen LogP contribution is -2.58. The number of hydrogen-bond donors (Lipinski definition) is 2. The van der Waals surface area contributed by atoms with Crippen LogP contribution in [-0.4, -0.2) is 46.9 Å². The van der Waals surface area contributed by atoms with Crippen molar-refractivity contribution in [1.29, 1.82) is 0 Å². The summed E-state index contributed by atoms with van der Waals surface area (Å²) < 4.78 is 0. The molecule has 1 aliphatic heterocycles. The van der Waals surface area contributed by atoms with Gasteiger partial charge in [0.05, 0.1) is 5.56 Å². The fourth-order valence-corrected chi connectivity index (χ4v) is 8.54. The standard InChI is InChI=1S/C27H39N3O3S/c1-3-9-34-26-21(6-7-22(28-26)30-8-4-5-17(16-30)12-23(31)32)25(33)29-24-19-10-18-11-20(24)15-27(2,13-18)14-19/h6-7,17-20,24H,3-5,8-16H2,1-2H3,(H,29,33)(H,31,32)/t17-,18?,19-,20?,24?,27?/m1/s1. The summed E-state index contributed by atoms with van der Waals surface area (Å²) in [5.41, 5.74) is 1.19. The lowest BCUT2D eigenvalue weighted by molar-refractivity contribution is -0.138. The van der Waals surface area contributed by atoms with E-state index < -0.39 is 5.97 Å². The first-order valence-electron chi connectivity index (χ1n) is 13.2. The van der Waals surface area contributed by atoms with Gasteiger partial charge in [0.1, 0.15) is 10.8 Å². The summed E-state index contributed by atoms with van der Waals surface area (Å²) in [5, 5.41) is 13.5. The van der Waals surface area contributed by atoms with Crippen LogP contribution in [-0.2, 0) is 4.79 Å². The summed E-state index contributed by atoms with van der Waals surface area (Å²) in [5.74, 6) is 3.36. The molecule has 1 aromatic heterocycles. The molecule has 5 fully saturated rings. The third-order valence-electron chi connectivity index (χ3n) is 8.72. The van der Waals surface area contributed by atoms with Crippen LogP contribution in [0, 0.1) is 29.1 Å². The fraction of sp³-hybridized carbons (Fsp3) is 0.741. The molecule has 2 N–H and O–H groups in total. The zero-order valence-electron chi connectivity index (χ0n) is 20.6. The highest BCUT2D eigenvalue weighted by molar-refractivity contribution is 7.99. The maximum Gasteiger partial charge on any atom is 0.303 e. The van der Waals surface area contributed by atoms with Crippen molar-refractivity contribution in [3.05, 3.63) is 17.7 Å². The average Bonchev–Trinajstić information content (AvgIpc) is 2.78. The van der Waals surface area contributed by atoms with Gasteiger partial charge >= 0.3 is 5.97 Å².